The number of tetrazole rings is 1. The molecule has 0 atom stereocenters. The van der Waals surface area contributed by atoms with Crippen LogP contribution in [-0.2, 0) is 4.79 Å². The minimum absolute atomic E-state index is 0.0213. The summed E-state index contributed by atoms with van der Waals surface area (Å²) in [5, 5.41) is 18.2. The predicted molar refractivity (Wildman–Crippen MR) is 70.2 cm³/mol. The van der Waals surface area contributed by atoms with E-state index in [1.807, 2.05) is 6.07 Å². The van der Waals surface area contributed by atoms with E-state index in [0.717, 1.165) is 5.69 Å². The third kappa shape index (κ3) is 3.51. The smallest absolute Gasteiger partial charge is 0.321 e. The molecule has 9 heteroatoms. The van der Waals surface area contributed by atoms with Gasteiger partial charge in [-0.05, 0) is 28.6 Å². The van der Waals surface area contributed by atoms with Gasteiger partial charge in [0.1, 0.15) is 6.33 Å². The molecule has 1 aromatic carbocycles. The molecule has 20 heavy (non-hydrogen) atoms. The molecule has 0 aliphatic heterocycles. The van der Waals surface area contributed by atoms with E-state index in [-0.39, 0.29) is 6.54 Å². The van der Waals surface area contributed by atoms with E-state index >= 15 is 0 Å². The van der Waals surface area contributed by atoms with Crippen molar-refractivity contribution in [1.29, 1.82) is 0 Å². The summed E-state index contributed by atoms with van der Waals surface area (Å²) in [7, 11) is 1.44. The van der Waals surface area contributed by atoms with Crippen molar-refractivity contribution in [3.63, 3.8) is 0 Å². The SMILES string of the molecule is CNC(=O)NC(=O)CNc1cccc(-n2cnnn2)c1. The van der Waals surface area contributed by atoms with Crippen molar-refractivity contribution in [1.82, 2.24) is 30.8 Å². The monoisotopic (exact) mass is 275 g/mol. The lowest BCUT2D eigenvalue weighted by molar-refractivity contribution is -0.118. The normalized spacial score (nSPS) is 9.85. The molecule has 0 aliphatic rings. The van der Waals surface area contributed by atoms with Gasteiger partial charge in [0.15, 0.2) is 0 Å². The second-order valence-corrected chi connectivity index (χ2v) is 3.79. The van der Waals surface area contributed by atoms with Gasteiger partial charge in [-0.15, -0.1) is 5.10 Å². The fourth-order valence-electron chi connectivity index (χ4n) is 1.45. The van der Waals surface area contributed by atoms with Crippen molar-refractivity contribution in [3.05, 3.63) is 30.6 Å². The summed E-state index contributed by atoms with van der Waals surface area (Å²) in [4.78, 5) is 22.4. The Bertz CT molecular complexity index is 597. The Morgan fingerprint density at radius 1 is 1.35 bits per heavy atom. The number of urea groups is 1. The van der Waals surface area contributed by atoms with E-state index in [4.69, 9.17) is 0 Å². The Morgan fingerprint density at radius 2 is 2.20 bits per heavy atom. The highest BCUT2D eigenvalue weighted by atomic mass is 16.2. The van der Waals surface area contributed by atoms with Gasteiger partial charge in [-0.1, -0.05) is 6.07 Å². The molecule has 0 spiro atoms. The summed E-state index contributed by atoms with van der Waals surface area (Å²) in [5.41, 5.74) is 1.47. The van der Waals surface area contributed by atoms with Crippen molar-refractivity contribution >= 4 is 17.6 Å². The van der Waals surface area contributed by atoms with E-state index in [2.05, 4.69) is 31.5 Å². The Morgan fingerprint density at radius 3 is 2.90 bits per heavy atom. The first kappa shape index (κ1) is 13.5. The van der Waals surface area contributed by atoms with E-state index in [9.17, 15) is 9.59 Å². The minimum atomic E-state index is -0.542. The summed E-state index contributed by atoms with van der Waals surface area (Å²) in [6, 6.07) is 6.66. The van der Waals surface area contributed by atoms with E-state index in [1.165, 1.54) is 18.1 Å². The number of amides is 3. The topological polar surface area (TPSA) is 114 Å². The number of carbonyl (C=O) groups is 2. The van der Waals surface area contributed by atoms with Crippen molar-refractivity contribution < 1.29 is 9.59 Å². The lowest BCUT2D eigenvalue weighted by Gasteiger charge is -2.08. The molecule has 0 unspecified atom stereocenters. The van der Waals surface area contributed by atoms with Crippen LogP contribution in [0.4, 0.5) is 10.5 Å². The molecule has 2 aromatic rings. The molecule has 104 valence electrons. The maximum atomic E-state index is 11.4. The maximum Gasteiger partial charge on any atom is 0.321 e. The van der Waals surface area contributed by atoms with Crippen LogP contribution in [0.1, 0.15) is 0 Å². The van der Waals surface area contributed by atoms with Gasteiger partial charge in [-0.25, -0.2) is 9.48 Å². The molecule has 0 saturated carbocycles. The van der Waals surface area contributed by atoms with Crippen LogP contribution in [0.15, 0.2) is 30.6 Å². The number of hydrogen-bond acceptors (Lipinski definition) is 6. The van der Waals surface area contributed by atoms with Gasteiger partial charge in [0.05, 0.1) is 12.2 Å². The highest BCUT2D eigenvalue weighted by Gasteiger charge is 2.05. The van der Waals surface area contributed by atoms with Crippen molar-refractivity contribution in [3.8, 4) is 5.69 Å². The van der Waals surface area contributed by atoms with E-state index in [0.29, 0.717) is 5.69 Å². The minimum Gasteiger partial charge on any atom is -0.376 e. The average Bonchev–Trinajstić information content (AvgIpc) is 2.99. The number of benzene rings is 1. The molecular formula is C11H13N7O2. The fraction of sp³-hybridized carbons (Fsp3) is 0.182. The Labute approximate surface area is 114 Å². The van der Waals surface area contributed by atoms with Crippen LogP contribution in [0, 0.1) is 0 Å². The molecular weight excluding hydrogens is 262 g/mol. The molecule has 0 bridgehead atoms. The van der Waals surface area contributed by atoms with Crippen molar-refractivity contribution in [2.75, 3.05) is 18.9 Å². The van der Waals surface area contributed by atoms with Crippen LogP contribution < -0.4 is 16.0 Å². The van der Waals surface area contributed by atoms with Gasteiger partial charge in [-0.3, -0.25) is 10.1 Å². The first-order valence-corrected chi connectivity index (χ1v) is 5.78. The van der Waals surface area contributed by atoms with E-state index in [1.54, 1.807) is 18.2 Å². The summed E-state index contributed by atoms with van der Waals surface area (Å²) in [5.74, 6) is -0.433. The zero-order chi connectivity index (χ0) is 14.4. The zero-order valence-electron chi connectivity index (χ0n) is 10.7. The summed E-state index contributed by atoms with van der Waals surface area (Å²) in [6.45, 7) is -0.0213. The van der Waals surface area contributed by atoms with Crippen molar-refractivity contribution in [2.24, 2.45) is 0 Å². The highest BCUT2D eigenvalue weighted by Crippen LogP contribution is 2.12. The highest BCUT2D eigenvalue weighted by molar-refractivity contribution is 5.96. The molecule has 0 saturated heterocycles. The molecule has 2 rings (SSSR count). The van der Waals surface area contributed by atoms with Crippen LogP contribution >= 0.6 is 0 Å². The molecule has 1 aromatic heterocycles. The first-order valence-electron chi connectivity index (χ1n) is 5.78. The van der Waals surface area contributed by atoms with Crippen LogP contribution in [0.5, 0.6) is 0 Å². The fourth-order valence-corrected chi connectivity index (χ4v) is 1.45. The lowest BCUT2D eigenvalue weighted by atomic mass is 10.3. The standard InChI is InChI=1S/C11H13N7O2/c1-12-11(20)15-10(19)6-13-8-3-2-4-9(5-8)18-7-14-16-17-18/h2-5,7,13H,6H2,1H3,(H2,12,15,19,20). The third-order valence-electron chi connectivity index (χ3n) is 2.39. The molecule has 0 fully saturated rings. The van der Waals surface area contributed by atoms with Crippen LogP contribution in [0.3, 0.4) is 0 Å². The Balaban J connectivity index is 1.95. The van der Waals surface area contributed by atoms with Gasteiger partial charge in [0.25, 0.3) is 0 Å². The summed E-state index contributed by atoms with van der Waals surface area (Å²) < 4.78 is 1.50. The van der Waals surface area contributed by atoms with Gasteiger partial charge >= 0.3 is 6.03 Å². The third-order valence-corrected chi connectivity index (χ3v) is 2.39. The average molecular weight is 275 g/mol. The molecule has 0 aliphatic carbocycles. The quantitative estimate of drug-likeness (QED) is 0.695. The van der Waals surface area contributed by atoms with Gasteiger partial charge < -0.3 is 10.6 Å². The number of imide groups is 1. The Hall–Kier alpha value is -2.97. The summed E-state index contributed by atoms with van der Waals surface area (Å²) >= 11 is 0. The predicted octanol–water partition coefficient (Wildman–Crippen LogP) is -0.470. The van der Waals surface area contributed by atoms with Crippen molar-refractivity contribution in [2.45, 2.75) is 0 Å². The number of aromatic nitrogens is 4. The van der Waals surface area contributed by atoms with Crippen LogP contribution in [0.25, 0.3) is 5.69 Å². The molecule has 9 nitrogen and oxygen atoms in total. The molecule has 0 radical (unpaired) electrons. The van der Waals surface area contributed by atoms with Crippen LogP contribution in [-0.4, -0.2) is 45.7 Å². The summed E-state index contributed by atoms with van der Waals surface area (Å²) in [6.07, 6.45) is 1.47. The largest absolute Gasteiger partial charge is 0.376 e. The van der Waals surface area contributed by atoms with Gasteiger partial charge in [-0.2, -0.15) is 0 Å². The second-order valence-electron chi connectivity index (χ2n) is 3.79. The number of hydrogen-bond donors (Lipinski definition) is 3. The first-order chi connectivity index (χ1) is 9.69. The lowest BCUT2D eigenvalue weighted by Crippen LogP contribution is -2.40. The number of carbonyl (C=O) groups excluding carboxylic acids is 2. The zero-order valence-corrected chi connectivity index (χ0v) is 10.7. The molecule has 3 amide bonds. The number of anilines is 1. The molecule has 3 N–H and O–H groups in total. The Kier molecular flexibility index (Phi) is 4.22. The van der Waals surface area contributed by atoms with Gasteiger partial charge in [0.2, 0.25) is 5.91 Å². The van der Waals surface area contributed by atoms with E-state index < -0.39 is 11.9 Å². The number of nitrogens with zero attached hydrogens (tertiary/aromatic N) is 4. The van der Waals surface area contributed by atoms with Crippen LogP contribution in [0.2, 0.25) is 0 Å². The van der Waals surface area contributed by atoms with Gasteiger partial charge in [0, 0.05) is 12.7 Å². The maximum absolute atomic E-state index is 11.4. The molecule has 1 heterocycles. The second kappa shape index (κ2) is 6.27. The number of nitrogens with one attached hydrogen (secondary N) is 3. The number of rotatable bonds is 4.